The summed E-state index contributed by atoms with van der Waals surface area (Å²) in [5.41, 5.74) is 0.921. The third-order valence-electron chi connectivity index (χ3n) is 3.16. The van der Waals surface area contributed by atoms with Crippen LogP contribution in [0.15, 0.2) is 36.9 Å². The smallest absolute Gasteiger partial charge is 0.314 e. The Kier molecular flexibility index (Phi) is 4.32. The Morgan fingerprint density at radius 3 is 2.79 bits per heavy atom. The van der Waals surface area contributed by atoms with Gasteiger partial charge in [-0.3, -0.25) is 10.1 Å². The van der Waals surface area contributed by atoms with Crippen molar-refractivity contribution in [2.24, 2.45) is 0 Å². The largest absolute Gasteiger partial charge is 0.332 e. The number of nitrogens with one attached hydrogen (secondary N) is 1. The molecular weight excluding hydrogens is 355 g/mol. The molecule has 0 amide bonds. The molecule has 0 saturated carbocycles. The summed E-state index contributed by atoms with van der Waals surface area (Å²) in [6.07, 6.45) is 6.02. The highest BCUT2D eigenvalue weighted by molar-refractivity contribution is 6.35. The van der Waals surface area contributed by atoms with Gasteiger partial charge in [0, 0.05) is 18.0 Å². The summed E-state index contributed by atoms with van der Waals surface area (Å²) in [5.74, 6) is 0.524. The molecule has 0 unspecified atom stereocenters. The molecule has 10 heteroatoms. The van der Waals surface area contributed by atoms with E-state index in [1.54, 1.807) is 25.3 Å². The molecule has 0 saturated heterocycles. The van der Waals surface area contributed by atoms with Crippen LogP contribution < -0.4 is 5.32 Å². The Morgan fingerprint density at radius 1 is 1.29 bits per heavy atom. The molecule has 0 aromatic carbocycles. The maximum atomic E-state index is 11.2. The van der Waals surface area contributed by atoms with Crippen LogP contribution in [-0.4, -0.2) is 24.7 Å². The zero-order valence-electron chi connectivity index (χ0n) is 12.3. The number of aromatic nitrogens is 4. The minimum absolute atomic E-state index is 0.0899. The first-order valence-electron chi connectivity index (χ1n) is 6.69. The Morgan fingerprint density at radius 2 is 2.08 bits per heavy atom. The second kappa shape index (κ2) is 6.42. The second-order valence-electron chi connectivity index (χ2n) is 4.84. The van der Waals surface area contributed by atoms with Crippen molar-refractivity contribution in [1.29, 1.82) is 0 Å². The maximum absolute atomic E-state index is 11.2. The van der Waals surface area contributed by atoms with Crippen molar-refractivity contribution >= 4 is 40.4 Å². The van der Waals surface area contributed by atoms with Gasteiger partial charge in [-0.05, 0) is 19.1 Å². The zero-order valence-corrected chi connectivity index (χ0v) is 13.8. The topological polar surface area (TPSA) is 98.8 Å². The first-order chi connectivity index (χ1) is 11.5. The van der Waals surface area contributed by atoms with Gasteiger partial charge < -0.3 is 5.32 Å². The van der Waals surface area contributed by atoms with Crippen molar-refractivity contribution in [3.63, 3.8) is 0 Å². The normalized spacial score (nSPS) is 10.6. The highest BCUT2D eigenvalue weighted by Gasteiger charge is 2.19. The van der Waals surface area contributed by atoms with Crippen molar-refractivity contribution in [3.8, 4) is 5.82 Å². The fourth-order valence-corrected chi connectivity index (χ4v) is 2.55. The van der Waals surface area contributed by atoms with Crippen LogP contribution in [0.25, 0.3) is 5.82 Å². The summed E-state index contributed by atoms with van der Waals surface area (Å²) in [4.78, 5) is 18.9. The number of hydrogen-bond donors (Lipinski definition) is 1. The van der Waals surface area contributed by atoms with Crippen molar-refractivity contribution in [2.75, 3.05) is 5.32 Å². The fraction of sp³-hybridized carbons (Fsp3) is 0.0714. The third kappa shape index (κ3) is 3.15. The van der Waals surface area contributed by atoms with E-state index in [1.165, 1.54) is 23.3 Å². The van der Waals surface area contributed by atoms with Crippen LogP contribution >= 0.6 is 23.2 Å². The van der Waals surface area contributed by atoms with Gasteiger partial charge >= 0.3 is 5.69 Å². The Bertz CT molecular complexity index is 927. The summed E-state index contributed by atoms with van der Waals surface area (Å²) in [7, 11) is 0. The van der Waals surface area contributed by atoms with E-state index in [2.05, 4.69) is 20.4 Å². The van der Waals surface area contributed by atoms with Gasteiger partial charge in [0.1, 0.15) is 0 Å². The van der Waals surface area contributed by atoms with Crippen LogP contribution in [0.2, 0.25) is 10.0 Å². The molecule has 3 aromatic heterocycles. The van der Waals surface area contributed by atoms with E-state index in [0.717, 1.165) is 0 Å². The molecule has 122 valence electrons. The average Bonchev–Trinajstić information content (AvgIpc) is 2.95. The number of pyridine rings is 2. The Labute approximate surface area is 146 Å². The fourth-order valence-electron chi connectivity index (χ4n) is 2.09. The molecule has 3 aromatic rings. The van der Waals surface area contributed by atoms with Gasteiger partial charge in [-0.15, -0.1) is 0 Å². The van der Waals surface area contributed by atoms with E-state index in [4.69, 9.17) is 23.2 Å². The highest BCUT2D eigenvalue weighted by Crippen LogP contribution is 2.29. The van der Waals surface area contributed by atoms with Gasteiger partial charge in [0.25, 0.3) is 0 Å². The lowest BCUT2D eigenvalue weighted by molar-refractivity contribution is -0.384. The molecule has 8 nitrogen and oxygen atoms in total. The Balaban J connectivity index is 1.93. The summed E-state index contributed by atoms with van der Waals surface area (Å²) in [6, 6.07) is 3.12. The van der Waals surface area contributed by atoms with Crippen LogP contribution in [0.1, 0.15) is 5.56 Å². The molecule has 0 fully saturated rings. The number of nitro groups is 1. The predicted octanol–water partition coefficient (Wildman–Crippen LogP) is 3.93. The number of aryl methyl sites for hydroxylation is 1. The van der Waals surface area contributed by atoms with Gasteiger partial charge in [-0.1, -0.05) is 23.2 Å². The molecule has 0 aliphatic rings. The molecule has 24 heavy (non-hydrogen) atoms. The van der Waals surface area contributed by atoms with Crippen molar-refractivity contribution in [1.82, 2.24) is 19.7 Å². The molecule has 0 atom stereocenters. The summed E-state index contributed by atoms with van der Waals surface area (Å²) >= 11 is 11.9. The first kappa shape index (κ1) is 16.2. The summed E-state index contributed by atoms with van der Waals surface area (Å²) in [5, 5.41) is 19.0. The van der Waals surface area contributed by atoms with Crippen LogP contribution in [0.4, 0.5) is 17.2 Å². The van der Waals surface area contributed by atoms with E-state index in [-0.39, 0.29) is 11.5 Å². The van der Waals surface area contributed by atoms with E-state index < -0.39 is 4.92 Å². The summed E-state index contributed by atoms with van der Waals surface area (Å²) in [6.45, 7) is 1.64. The average molecular weight is 365 g/mol. The number of nitrogens with zero attached hydrogens (tertiary/aromatic N) is 5. The summed E-state index contributed by atoms with van der Waals surface area (Å²) < 4.78 is 1.43. The van der Waals surface area contributed by atoms with Gasteiger partial charge in [0.15, 0.2) is 5.82 Å². The lowest BCUT2D eigenvalue weighted by Gasteiger charge is -2.05. The predicted molar refractivity (Wildman–Crippen MR) is 90.3 cm³/mol. The van der Waals surface area contributed by atoms with Gasteiger partial charge in [-0.2, -0.15) is 5.10 Å². The van der Waals surface area contributed by atoms with Crippen LogP contribution in [0, 0.1) is 17.0 Å². The molecule has 0 aliphatic heterocycles. The minimum Gasteiger partial charge on any atom is -0.332 e. The van der Waals surface area contributed by atoms with Crippen molar-refractivity contribution in [3.05, 3.63) is 62.6 Å². The monoisotopic (exact) mass is 364 g/mol. The van der Waals surface area contributed by atoms with Gasteiger partial charge in [0.05, 0.1) is 33.0 Å². The number of hydrogen-bond acceptors (Lipinski definition) is 6. The van der Waals surface area contributed by atoms with E-state index >= 15 is 0 Å². The van der Waals surface area contributed by atoms with E-state index in [1.807, 2.05) is 0 Å². The molecule has 0 radical (unpaired) electrons. The minimum atomic E-state index is -0.479. The second-order valence-corrected chi connectivity index (χ2v) is 5.68. The molecular formula is C14H10Cl2N6O2. The highest BCUT2D eigenvalue weighted by atomic mass is 35.5. The molecule has 0 bridgehead atoms. The van der Waals surface area contributed by atoms with Crippen LogP contribution in [0.5, 0.6) is 0 Å². The Hall–Kier alpha value is -2.71. The van der Waals surface area contributed by atoms with E-state index in [0.29, 0.717) is 27.1 Å². The van der Waals surface area contributed by atoms with Gasteiger partial charge in [-0.25, -0.2) is 14.6 Å². The molecule has 0 spiro atoms. The quantitative estimate of drug-likeness (QED) is 0.556. The van der Waals surface area contributed by atoms with Gasteiger partial charge in [0.2, 0.25) is 5.82 Å². The lowest BCUT2D eigenvalue weighted by atomic mass is 10.2. The first-order valence-corrected chi connectivity index (χ1v) is 7.44. The molecule has 3 rings (SSSR count). The molecule has 1 N–H and O–H groups in total. The van der Waals surface area contributed by atoms with Crippen molar-refractivity contribution in [2.45, 2.75) is 6.92 Å². The molecule has 3 heterocycles. The SMILES string of the molecule is Cc1ccnc(Nc2cnn(-c3ncc(Cl)cc3Cl)c2)c1[N+](=O)[O-]. The maximum Gasteiger partial charge on any atom is 0.314 e. The lowest BCUT2D eigenvalue weighted by Crippen LogP contribution is -2.01. The zero-order chi connectivity index (χ0) is 17.3. The number of rotatable bonds is 4. The van der Waals surface area contributed by atoms with Crippen molar-refractivity contribution < 1.29 is 4.92 Å². The van der Waals surface area contributed by atoms with E-state index in [9.17, 15) is 10.1 Å². The number of halogens is 2. The third-order valence-corrected chi connectivity index (χ3v) is 3.64. The van der Waals surface area contributed by atoms with Crippen LogP contribution in [0.3, 0.4) is 0 Å². The number of anilines is 2. The van der Waals surface area contributed by atoms with Crippen LogP contribution in [-0.2, 0) is 0 Å². The standard InChI is InChI=1S/C14H10Cl2N6O2/c1-8-2-3-17-13(12(8)22(23)24)20-10-6-19-21(7-10)14-11(16)4-9(15)5-18-14/h2-7H,1H3,(H,17,20). The molecule has 0 aliphatic carbocycles.